The van der Waals surface area contributed by atoms with Gasteiger partial charge in [-0.1, -0.05) is 97.1 Å². The Balaban J connectivity index is 1.56. The molecule has 0 amide bonds. The van der Waals surface area contributed by atoms with Crippen molar-refractivity contribution in [3.05, 3.63) is 134 Å². The third-order valence-electron chi connectivity index (χ3n) is 6.26. The summed E-state index contributed by atoms with van der Waals surface area (Å²) in [5.41, 5.74) is 10.6. The quantitative estimate of drug-likeness (QED) is 0.265. The molecule has 0 N–H and O–H groups in total. The van der Waals surface area contributed by atoms with Crippen LogP contribution in [0.3, 0.4) is 0 Å². The summed E-state index contributed by atoms with van der Waals surface area (Å²) in [7, 11) is 0. The standard InChI is InChI=1S/C32H22N4/c1-3-11-25(27-13-5-7-15-29(27)31-21-33-17-19-35-31)23(9-1)24-10-2-4-12-26(24)28-14-6-8-16-30(28)32-22-34-18-20-36-32/h1-22H. The lowest BCUT2D eigenvalue weighted by Gasteiger charge is -2.18. The molecule has 0 spiro atoms. The van der Waals surface area contributed by atoms with Crippen LogP contribution >= 0.6 is 0 Å². The summed E-state index contributed by atoms with van der Waals surface area (Å²) in [6, 6.07) is 33.8. The molecular weight excluding hydrogens is 440 g/mol. The number of nitrogens with zero attached hydrogens (tertiary/aromatic N) is 4. The minimum absolute atomic E-state index is 0.851. The zero-order chi connectivity index (χ0) is 24.2. The Hall–Kier alpha value is -4.96. The van der Waals surface area contributed by atoms with Crippen LogP contribution in [0.25, 0.3) is 55.9 Å². The number of hydrogen-bond acceptors (Lipinski definition) is 4. The highest BCUT2D eigenvalue weighted by Gasteiger charge is 2.17. The van der Waals surface area contributed by atoms with Crippen LogP contribution in [0.15, 0.2) is 134 Å². The highest BCUT2D eigenvalue weighted by atomic mass is 14.8. The molecule has 0 aliphatic heterocycles. The van der Waals surface area contributed by atoms with Gasteiger partial charge in [-0.25, -0.2) is 0 Å². The molecule has 0 atom stereocenters. The maximum Gasteiger partial charge on any atom is 0.0891 e. The smallest absolute Gasteiger partial charge is 0.0891 e. The summed E-state index contributed by atoms with van der Waals surface area (Å²) in [6.45, 7) is 0. The molecule has 0 bridgehead atoms. The van der Waals surface area contributed by atoms with Gasteiger partial charge in [0, 0.05) is 35.9 Å². The molecule has 0 saturated heterocycles. The van der Waals surface area contributed by atoms with Crippen LogP contribution in [0.4, 0.5) is 0 Å². The first-order valence-corrected chi connectivity index (χ1v) is 11.8. The molecule has 0 aliphatic carbocycles. The Morgan fingerprint density at radius 1 is 0.306 bits per heavy atom. The van der Waals surface area contributed by atoms with E-state index in [4.69, 9.17) is 0 Å². The zero-order valence-corrected chi connectivity index (χ0v) is 19.5. The fourth-order valence-electron chi connectivity index (χ4n) is 4.66. The van der Waals surface area contributed by atoms with Gasteiger partial charge >= 0.3 is 0 Å². The predicted molar refractivity (Wildman–Crippen MR) is 145 cm³/mol. The van der Waals surface area contributed by atoms with Gasteiger partial charge < -0.3 is 0 Å². The Labute approximate surface area is 210 Å². The van der Waals surface area contributed by atoms with E-state index in [1.54, 1.807) is 24.8 Å². The van der Waals surface area contributed by atoms with Crippen molar-refractivity contribution in [1.29, 1.82) is 0 Å². The van der Waals surface area contributed by atoms with Gasteiger partial charge in [0.15, 0.2) is 0 Å². The largest absolute Gasteiger partial charge is 0.261 e. The van der Waals surface area contributed by atoms with Gasteiger partial charge in [0.05, 0.1) is 23.8 Å². The summed E-state index contributed by atoms with van der Waals surface area (Å²) in [5.74, 6) is 0. The summed E-state index contributed by atoms with van der Waals surface area (Å²) in [6.07, 6.45) is 10.5. The van der Waals surface area contributed by atoms with Crippen molar-refractivity contribution in [2.45, 2.75) is 0 Å². The first-order valence-electron chi connectivity index (χ1n) is 11.8. The number of aromatic nitrogens is 4. The number of rotatable bonds is 5. The van der Waals surface area contributed by atoms with E-state index in [9.17, 15) is 0 Å². The van der Waals surface area contributed by atoms with Crippen LogP contribution in [-0.4, -0.2) is 19.9 Å². The molecule has 4 heteroatoms. The van der Waals surface area contributed by atoms with E-state index in [1.807, 2.05) is 24.5 Å². The van der Waals surface area contributed by atoms with Gasteiger partial charge in [-0.15, -0.1) is 0 Å². The minimum Gasteiger partial charge on any atom is -0.261 e. The molecule has 36 heavy (non-hydrogen) atoms. The van der Waals surface area contributed by atoms with Gasteiger partial charge in [0.1, 0.15) is 0 Å². The average Bonchev–Trinajstić information content (AvgIpc) is 2.98. The normalized spacial score (nSPS) is 10.8. The summed E-state index contributed by atoms with van der Waals surface area (Å²) < 4.78 is 0. The molecule has 0 unspecified atom stereocenters. The van der Waals surface area contributed by atoms with Crippen molar-refractivity contribution < 1.29 is 0 Å². The lowest BCUT2D eigenvalue weighted by Crippen LogP contribution is -1.94. The summed E-state index contributed by atoms with van der Waals surface area (Å²) in [4.78, 5) is 17.7. The lowest BCUT2D eigenvalue weighted by molar-refractivity contribution is 1.21. The molecule has 170 valence electrons. The second-order valence-corrected chi connectivity index (χ2v) is 8.36. The molecule has 2 heterocycles. The van der Waals surface area contributed by atoms with Crippen molar-refractivity contribution in [1.82, 2.24) is 19.9 Å². The van der Waals surface area contributed by atoms with Crippen LogP contribution in [0.1, 0.15) is 0 Å². The Kier molecular flexibility index (Phi) is 5.83. The monoisotopic (exact) mass is 462 g/mol. The van der Waals surface area contributed by atoms with Crippen LogP contribution < -0.4 is 0 Å². The molecule has 4 aromatic carbocycles. The first-order chi connectivity index (χ1) is 17.9. The van der Waals surface area contributed by atoms with Crippen LogP contribution in [0, 0.1) is 0 Å². The van der Waals surface area contributed by atoms with Crippen molar-refractivity contribution in [2.75, 3.05) is 0 Å². The molecule has 6 aromatic rings. The molecule has 4 nitrogen and oxygen atoms in total. The van der Waals surface area contributed by atoms with Crippen LogP contribution in [0.5, 0.6) is 0 Å². The summed E-state index contributed by atoms with van der Waals surface area (Å²) >= 11 is 0. The van der Waals surface area contributed by atoms with E-state index in [-0.39, 0.29) is 0 Å². The third-order valence-corrected chi connectivity index (χ3v) is 6.26. The van der Waals surface area contributed by atoms with Crippen molar-refractivity contribution in [3.8, 4) is 55.9 Å². The maximum absolute atomic E-state index is 4.57. The van der Waals surface area contributed by atoms with Crippen LogP contribution in [-0.2, 0) is 0 Å². The third kappa shape index (κ3) is 4.05. The summed E-state index contributed by atoms with van der Waals surface area (Å²) in [5, 5.41) is 0. The fraction of sp³-hybridized carbons (Fsp3) is 0. The van der Waals surface area contributed by atoms with Gasteiger partial charge in [0.25, 0.3) is 0 Å². The molecule has 0 radical (unpaired) electrons. The van der Waals surface area contributed by atoms with Gasteiger partial charge in [-0.05, 0) is 33.4 Å². The SMILES string of the molecule is c1ccc(-c2ccccc2-c2ccccc2-c2ccccc2-c2cnccn2)c(-c2cnccn2)c1. The van der Waals surface area contributed by atoms with Crippen molar-refractivity contribution in [2.24, 2.45) is 0 Å². The second-order valence-electron chi connectivity index (χ2n) is 8.36. The molecule has 2 aromatic heterocycles. The van der Waals surface area contributed by atoms with Gasteiger partial charge in [-0.3, -0.25) is 19.9 Å². The van der Waals surface area contributed by atoms with Crippen LogP contribution in [0.2, 0.25) is 0 Å². The fourth-order valence-corrected chi connectivity index (χ4v) is 4.66. The molecule has 0 fully saturated rings. The molecule has 6 rings (SSSR count). The van der Waals surface area contributed by atoms with E-state index in [0.29, 0.717) is 0 Å². The topological polar surface area (TPSA) is 51.6 Å². The van der Waals surface area contributed by atoms with Crippen molar-refractivity contribution in [3.63, 3.8) is 0 Å². The average molecular weight is 463 g/mol. The van der Waals surface area contributed by atoms with E-state index in [2.05, 4.69) is 105 Å². The molecule has 0 saturated carbocycles. The highest BCUT2D eigenvalue weighted by molar-refractivity contribution is 5.97. The van der Waals surface area contributed by atoms with E-state index >= 15 is 0 Å². The Morgan fingerprint density at radius 3 is 0.861 bits per heavy atom. The van der Waals surface area contributed by atoms with Crippen molar-refractivity contribution >= 4 is 0 Å². The van der Waals surface area contributed by atoms with E-state index in [1.165, 1.54) is 0 Å². The molecule has 0 aliphatic rings. The van der Waals surface area contributed by atoms with Gasteiger partial charge in [0.2, 0.25) is 0 Å². The second kappa shape index (κ2) is 9.72. The Morgan fingerprint density at radius 2 is 0.583 bits per heavy atom. The highest BCUT2D eigenvalue weighted by Crippen LogP contribution is 2.42. The van der Waals surface area contributed by atoms with E-state index < -0.39 is 0 Å². The molecular formula is C32H22N4. The zero-order valence-electron chi connectivity index (χ0n) is 19.5. The number of benzene rings is 4. The minimum atomic E-state index is 0.851. The lowest BCUT2D eigenvalue weighted by atomic mass is 9.86. The number of hydrogen-bond donors (Lipinski definition) is 0. The maximum atomic E-state index is 4.57. The van der Waals surface area contributed by atoms with Gasteiger partial charge in [-0.2, -0.15) is 0 Å². The Bertz CT molecular complexity index is 1500. The van der Waals surface area contributed by atoms with E-state index in [0.717, 1.165) is 55.9 Å². The predicted octanol–water partition coefficient (Wildman–Crippen LogP) is 7.60. The first kappa shape index (κ1) is 21.6.